The molecule has 3 rings (SSSR count). The zero-order valence-corrected chi connectivity index (χ0v) is 18.8. The third-order valence-electron chi connectivity index (χ3n) is 4.36. The van der Waals surface area contributed by atoms with Gasteiger partial charge in [0.1, 0.15) is 0 Å². The van der Waals surface area contributed by atoms with E-state index in [2.05, 4.69) is 50.8 Å². The molecule has 0 amide bonds. The Morgan fingerprint density at radius 3 is 2.38 bits per heavy atom. The molecule has 0 spiro atoms. The topological polar surface area (TPSA) is 41.5 Å². The fourth-order valence-corrected chi connectivity index (χ4v) is 6.32. The van der Waals surface area contributed by atoms with E-state index in [4.69, 9.17) is 4.43 Å². The Labute approximate surface area is 172 Å². The number of hydrogen-bond donors (Lipinski definition) is 2. The molecule has 0 bridgehead atoms. The Morgan fingerprint density at radius 1 is 1.25 bits per heavy atom. The quantitative estimate of drug-likeness (QED) is 0.391. The molecule has 1 aliphatic rings. The van der Waals surface area contributed by atoms with E-state index in [1.165, 1.54) is 32.4 Å². The van der Waals surface area contributed by atoms with Crippen molar-refractivity contribution in [2.45, 2.75) is 39.3 Å². The van der Waals surface area contributed by atoms with Gasteiger partial charge in [-0.25, -0.2) is 0 Å². The summed E-state index contributed by atoms with van der Waals surface area (Å²) in [5, 5.41) is 18.5. The van der Waals surface area contributed by atoms with Crippen molar-refractivity contribution in [2.24, 2.45) is 0 Å². The first-order valence-corrected chi connectivity index (χ1v) is 9.93. The minimum Gasteiger partial charge on any atom is -1.00 e. The monoisotopic (exact) mass is 420 g/mol. The molecular formula is C17H24Cl2NO2SiTi. The second-order valence-electron chi connectivity index (χ2n) is 7.08. The Bertz CT molecular complexity index is 715. The van der Waals surface area contributed by atoms with Crippen molar-refractivity contribution in [2.75, 3.05) is 19.0 Å². The first kappa shape index (κ1) is 24.1. The number of benzene rings is 1. The number of rotatable bonds is 4. The van der Waals surface area contributed by atoms with Gasteiger partial charge in [-0.15, -0.1) is 33.3 Å². The summed E-state index contributed by atoms with van der Waals surface area (Å²) < 4.78 is 5.81. The van der Waals surface area contributed by atoms with Gasteiger partial charge >= 0.3 is 21.7 Å². The summed E-state index contributed by atoms with van der Waals surface area (Å²) in [6.07, 6.45) is 0.680. The third kappa shape index (κ3) is 3.90. The molecule has 0 saturated heterocycles. The van der Waals surface area contributed by atoms with Gasteiger partial charge in [-0.3, -0.25) is 0 Å². The minimum atomic E-state index is -1.76. The van der Waals surface area contributed by atoms with Crippen LogP contribution in [0, 0.1) is 0 Å². The summed E-state index contributed by atoms with van der Waals surface area (Å²) >= 11 is 0. The van der Waals surface area contributed by atoms with E-state index in [0.29, 0.717) is 6.42 Å². The molecule has 1 unspecified atom stereocenters. The second kappa shape index (κ2) is 8.17. The summed E-state index contributed by atoms with van der Waals surface area (Å²) in [6, 6.07) is 6.60. The van der Waals surface area contributed by atoms with Gasteiger partial charge in [0.2, 0.25) is 0 Å². The van der Waals surface area contributed by atoms with Gasteiger partial charge in [0.05, 0.1) is 0 Å². The number of halogens is 2. The molecule has 2 aromatic rings. The Hall–Kier alpha value is 0.0612. The number of anilines is 1. The first-order valence-electron chi connectivity index (χ1n) is 7.52. The maximum absolute atomic E-state index is 9.35. The fraction of sp³-hybridized carbons (Fsp3) is 0.471. The van der Waals surface area contributed by atoms with Crippen LogP contribution in [0.2, 0.25) is 6.55 Å². The van der Waals surface area contributed by atoms with Crippen LogP contribution in [-0.4, -0.2) is 32.7 Å². The van der Waals surface area contributed by atoms with Crippen LogP contribution in [0.5, 0.6) is 0 Å². The smallest absolute Gasteiger partial charge is 1.00 e. The molecule has 1 radical (unpaired) electrons. The zero-order valence-electron chi connectivity index (χ0n) is 14.8. The van der Waals surface area contributed by atoms with E-state index in [0.717, 1.165) is 0 Å². The summed E-state index contributed by atoms with van der Waals surface area (Å²) in [7, 11) is 0.0701. The zero-order chi connectivity index (χ0) is 15.4. The number of aliphatic hydroxyl groups excluding tert-OH is 1. The van der Waals surface area contributed by atoms with Gasteiger partial charge in [0, 0.05) is 19.3 Å². The molecule has 0 aromatic heterocycles. The van der Waals surface area contributed by atoms with E-state index < -0.39 is 8.32 Å². The first-order chi connectivity index (χ1) is 9.81. The van der Waals surface area contributed by atoms with Crippen molar-refractivity contribution < 1.29 is 56.1 Å². The molecule has 0 fully saturated rings. The van der Waals surface area contributed by atoms with Crippen LogP contribution in [0.4, 0.5) is 5.69 Å². The predicted molar refractivity (Wildman–Crippen MR) is 91.6 cm³/mol. The van der Waals surface area contributed by atoms with E-state index >= 15 is 0 Å². The van der Waals surface area contributed by atoms with E-state index in [-0.39, 0.29) is 58.7 Å². The van der Waals surface area contributed by atoms with Crippen LogP contribution in [0.25, 0.3) is 10.8 Å². The maximum atomic E-state index is 9.35. The minimum absolute atomic E-state index is 0. The predicted octanol–water partition coefficient (Wildman–Crippen LogP) is -4.04. The molecule has 2 aromatic carbocycles. The average molecular weight is 421 g/mol. The van der Waals surface area contributed by atoms with Crippen molar-refractivity contribution >= 4 is 35.2 Å². The van der Waals surface area contributed by atoms with Crippen LogP contribution in [-0.2, 0) is 32.6 Å². The third-order valence-corrected chi connectivity index (χ3v) is 7.82. The van der Waals surface area contributed by atoms with Gasteiger partial charge in [0.15, 0.2) is 8.32 Å². The molecule has 1 atom stereocenters. The number of aliphatic hydroxyl groups is 1. The van der Waals surface area contributed by atoms with Crippen molar-refractivity contribution in [3.05, 3.63) is 23.8 Å². The van der Waals surface area contributed by atoms with Crippen LogP contribution in [0.1, 0.15) is 26.3 Å². The van der Waals surface area contributed by atoms with Crippen LogP contribution >= 0.6 is 0 Å². The van der Waals surface area contributed by atoms with Crippen LogP contribution < -0.4 is 40.5 Å². The molecule has 3 nitrogen and oxygen atoms in total. The van der Waals surface area contributed by atoms with Crippen LogP contribution in [0.3, 0.4) is 0 Å². The van der Waals surface area contributed by atoms with Gasteiger partial charge in [-0.1, -0.05) is 6.07 Å². The largest absolute Gasteiger partial charge is 3.00 e. The molecule has 2 N–H and O–H groups in total. The van der Waals surface area contributed by atoms with Crippen LogP contribution in [0.15, 0.2) is 18.2 Å². The fourth-order valence-electron chi connectivity index (χ4n) is 3.23. The number of nitrogens with one attached hydrogen (secondary N) is 1. The van der Waals surface area contributed by atoms with Crippen molar-refractivity contribution in [1.29, 1.82) is 0 Å². The van der Waals surface area contributed by atoms with E-state index in [9.17, 15) is 5.11 Å². The molecule has 0 saturated carbocycles. The van der Waals surface area contributed by atoms with Gasteiger partial charge in [0.25, 0.3) is 0 Å². The SMILES string of the molecule is CO[Si]1(C)c2[cH-]c3ccc(CCO)c(NC(C)(C)C)c3c21.[Cl-].[Cl-].[Ti+3]. The molecule has 131 valence electrons. The standard InChI is InChI=1S/C17H24NO2Si.2ClH.Ti/c1-17(2,3)18-15-11(8-9-19)6-7-12-10-13-16(14(12)15)21(13,5)20-4;;;/h6-7,10,18-19H,8-9H2,1-5H3;2*1H;/q-1;;;+3/p-2. The van der Waals surface area contributed by atoms with E-state index in [1.807, 2.05) is 7.11 Å². The maximum Gasteiger partial charge on any atom is 3.00 e. The molecular weight excluding hydrogens is 397 g/mol. The summed E-state index contributed by atoms with van der Waals surface area (Å²) in [5.41, 5.74) is 2.36. The molecule has 0 aliphatic carbocycles. The van der Waals surface area contributed by atoms with Gasteiger partial charge < -0.3 is 39.7 Å². The molecule has 24 heavy (non-hydrogen) atoms. The molecule has 1 aliphatic heterocycles. The van der Waals surface area contributed by atoms with Gasteiger partial charge in [-0.2, -0.15) is 0 Å². The van der Waals surface area contributed by atoms with Crippen molar-refractivity contribution in [1.82, 2.24) is 0 Å². The van der Waals surface area contributed by atoms with E-state index in [1.54, 1.807) is 0 Å². The van der Waals surface area contributed by atoms with Gasteiger partial charge in [-0.05, 0) is 45.0 Å². The normalized spacial score (nSPS) is 18.1. The average Bonchev–Trinajstić information content (AvgIpc) is 2.80. The number of fused-ring (bicyclic) bond motifs is 3. The Balaban J connectivity index is 0.00000176. The second-order valence-corrected chi connectivity index (χ2v) is 10.6. The molecule has 1 heterocycles. The Morgan fingerprint density at radius 2 is 1.88 bits per heavy atom. The molecule has 7 heteroatoms. The Kier molecular flexibility index (Phi) is 8.19. The van der Waals surface area contributed by atoms with Crippen molar-refractivity contribution in [3.63, 3.8) is 0 Å². The summed E-state index contributed by atoms with van der Waals surface area (Å²) in [6.45, 7) is 8.94. The summed E-state index contributed by atoms with van der Waals surface area (Å²) in [4.78, 5) is 0. The van der Waals surface area contributed by atoms with Crippen molar-refractivity contribution in [3.8, 4) is 0 Å². The summed E-state index contributed by atoms with van der Waals surface area (Å²) in [5.74, 6) is 0. The number of hydrogen-bond acceptors (Lipinski definition) is 3.